The fourth-order valence-electron chi connectivity index (χ4n) is 2.43. The molecule has 1 heterocycles. The van der Waals surface area contributed by atoms with Gasteiger partial charge in [0.25, 0.3) is 0 Å². The molecule has 2 rings (SSSR count). The van der Waals surface area contributed by atoms with Gasteiger partial charge in [0.1, 0.15) is 6.61 Å². The van der Waals surface area contributed by atoms with Crippen LogP contribution in [0.1, 0.15) is 24.5 Å². The molecule has 0 fully saturated rings. The van der Waals surface area contributed by atoms with Gasteiger partial charge in [-0.05, 0) is 31.5 Å². The van der Waals surface area contributed by atoms with Gasteiger partial charge in [-0.15, -0.1) is 0 Å². The first-order chi connectivity index (χ1) is 10.7. The number of anilines is 1. The van der Waals surface area contributed by atoms with E-state index in [2.05, 4.69) is 41.1 Å². The zero-order chi connectivity index (χ0) is 15.8. The van der Waals surface area contributed by atoms with Crippen LogP contribution in [-0.4, -0.2) is 29.6 Å². The van der Waals surface area contributed by atoms with Crippen molar-refractivity contribution in [2.24, 2.45) is 0 Å². The monoisotopic (exact) mass is 299 g/mol. The second-order valence-electron chi connectivity index (χ2n) is 5.50. The van der Waals surface area contributed by atoms with Gasteiger partial charge >= 0.3 is 0 Å². The van der Waals surface area contributed by atoms with Crippen LogP contribution in [-0.2, 0) is 6.54 Å². The highest BCUT2D eigenvalue weighted by Crippen LogP contribution is 2.16. The number of rotatable bonds is 8. The van der Waals surface area contributed by atoms with Crippen molar-refractivity contribution in [2.45, 2.75) is 26.8 Å². The molecule has 1 aromatic carbocycles. The van der Waals surface area contributed by atoms with Crippen molar-refractivity contribution in [1.29, 1.82) is 0 Å². The lowest BCUT2D eigenvalue weighted by Crippen LogP contribution is -2.29. The van der Waals surface area contributed by atoms with Gasteiger partial charge < -0.3 is 10.5 Å². The number of nitrogen functional groups attached to an aromatic ring is 1. The molecule has 2 N–H and O–H groups in total. The van der Waals surface area contributed by atoms with Gasteiger partial charge in [-0.3, -0.25) is 4.90 Å². The molecule has 0 saturated carbocycles. The van der Waals surface area contributed by atoms with E-state index < -0.39 is 0 Å². The molecular weight excluding hydrogens is 274 g/mol. The number of ether oxygens (including phenoxy) is 1. The normalized spacial score (nSPS) is 10.9. The lowest BCUT2D eigenvalue weighted by molar-refractivity contribution is 0.198. The maximum absolute atomic E-state index is 5.80. The molecule has 22 heavy (non-hydrogen) atoms. The van der Waals surface area contributed by atoms with E-state index in [1.807, 2.05) is 19.1 Å². The Balaban J connectivity index is 1.86. The first kappa shape index (κ1) is 16.3. The molecule has 4 nitrogen and oxygen atoms in total. The molecule has 4 heteroatoms. The second kappa shape index (κ2) is 8.39. The van der Waals surface area contributed by atoms with Crippen LogP contribution in [0.4, 0.5) is 5.69 Å². The zero-order valence-electron chi connectivity index (χ0n) is 13.5. The summed E-state index contributed by atoms with van der Waals surface area (Å²) in [6, 6.07) is 12.4. The largest absolute Gasteiger partial charge is 0.476 e. The highest BCUT2D eigenvalue weighted by molar-refractivity contribution is 5.41. The summed E-state index contributed by atoms with van der Waals surface area (Å²) in [6.07, 6.45) is 2.77. The Morgan fingerprint density at radius 2 is 1.95 bits per heavy atom. The quantitative estimate of drug-likeness (QED) is 0.813. The van der Waals surface area contributed by atoms with Crippen LogP contribution in [0.2, 0.25) is 0 Å². The van der Waals surface area contributed by atoms with Crippen LogP contribution in [0.25, 0.3) is 0 Å². The Hall–Kier alpha value is -2.07. The third-order valence-corrected chi connectivity index (χ3v) is 3.49. The van der Waals surface area contributed by atoms with Crippen LogP contribution < -0.4 is 10.5 Å². The van der Waals surface area contributed by atoms with E-state index in [1.165, 1.54) is 5.56 Å². The van der Waals surface area contributed by atoms with Gasteiger partial charge in [0.15, 0.2) is 0 Å². The van der Waals surface area contributed by atoms with Crippen molar-refractivity contribution in [3.05, 3.63) is 53.7 Å². The van der Waals surface area contributed by atoms with E-state index in [9.17, 15) is 0 Å². The number of nitrogens with two attached hydrogens (primary N) is 1. The highest BCUT2D eigenvalue weighted by Gasteiger charge is 2.07. The summed E-state index contributed by atoms with van der Waals surface area (Å²) >= 11 is 0. The predicted molar refractivity (Wildman–Crippen MR) is 90.9 cm³/mol. The number of pyridine rings is 1. The van der Waals surface area contributed by atoms with Crippen molar-refractivity contribution >= 4 is 5.69 Å². The van der Waals surface area contributed by atoms with Gasteiger partial charge in [-0.1, -0.05) is 37.3 Å². The van der Waals surface area contributed by atoms with Crippen LogP contribution in [0.3, 0.4) is 0 Å². The van der Waals surface area contributed by atoms with E-state index in [1.54, 1.807) is 6.20 Å². The molecule has 1 aromatic heterocycles. The fraction of sp³-hybridized carbons (Fsp3) is 0.389. The van der Waals surface area contributed by atoms with Crippen molar-refractivity contribution < 1.29 is 4.74 Å². The summed E-state index contributed by atoms with van der Waals surface area (Å²) in [5, 5.41) is 0. The average Bonchev–Trinajstić information content (AvgIpc) is 2.50. The van der Waals surface area contributed by atoms with Crippen LogP contribution in [0, 0.1) is 6.92 Å². The maximum atomic E-state index is 5.80. The van der Waals surface area contributed by atoms with Crippen molar-refractivity contribution in [3.8, 4) is 5.88 Å². The standard InChI is InChI=1S/C18H25N3O/c1-3-9-21(14-16-7-5-4-6-8-16)10-11-22-18-15(2)12-17(19)13-20-18/h4-8,12-13H,3,9-11,14,19H2,1-2H3. The van der Waals surface area contributed by atoms with Gasteiger partial charge in [0.2, 0.25) is 5.88 Å². The van der Waals surface area contributed by atoms with Crippen LogP contribution in [0.5, 0.6) is 5.88 Å². The Kier molecular flexibility index (Phi) is 6.22. The minimum Gasteiger partial charge on any atom is -0.476 e. The van der Waals surface area contributed by atoms with E-state index in [0.29, 0.717) is 18.2 Å². The molecule has 0 atom stereocenters. The molecule has 118 valence electrons. The lowest BCUT2D eigenvalue weighted by atomic mass is 10.2. The average molecular weight is 299 g/mol. The molecule has 0 aliphatic heterocycles. The first-order valence-electron chi connectivity index (χ1n) is 7.80. The second-order valence-corrected chi connectivity index (χ2v) is 5.50. The lowest BCUT2D eigenvalue weighted by Gasteiger charge is -2.22. The highest BCUT2D eigenvalue weighted by atomic mass is 16.5. The maximum Gasteiger partial charge on any atom is 0.216 e. The summed E-state index contributed by atoms with van der Waals surface area (Å²) in [7, 11) is 0. The van der Waals surface area contributed by atoms with Crippen LogP contribution in [0.15, 0.2) is 42.6 Å². The molecule has 0 spiro atoms. The minimum atomic E-state index is 0.630. The Morgan fingerprint density at radius 1 is 1.18 bits per heavy atom. The number of hydrogen-bond donors (Lipinski definition) is 1. The Bertz CT molecular complexity index is 572. The summed E-state index contributed by atoms with van der Waals surface area (Å²) in [6.45, 7) is 7.69. The van der Waals surface area contributed by atoms with E-state index >= 15 is 0 Å². The number of aromatic nitrogens is 1. The molecule has 0 amide bonds. The molecule has 0 aliphatic carbocycles. The summed E-state index contributed by atoms with van der Waals surface area (Å²) < 4.78 is 5.80. The topological polar surface area (TPSA) is 51.4 Å². The molecule has 0 unspecified atom stereocenters. The minimum absolute atomic E-state index is 0.630. The van der Waals surface area contributed by atoms with Gasteiger partial charge in [-0.2, -0.15) is 0 Å². The number of hydrogen-bond acceptors (Lipinski definition) is 4. The summed E-state index contributed by atoms with van der Waals surface area (Å²) in [4.78, 5) is 6.64. The van der Waals surface area contributed by atoms with Crippen molar-refractivity contribution in [2.75, 3.05) is 25.4 Å². The van der Waals surface area contributed by atoms with E-state index in [-0.39, 0.29) is 0 Å². The molecular formula is C18H25N3O. The number of aryl methyl sites for hydroxylation is 1. The fourth-order valence-corrected chi connectivity index (χ4v) is 2.43. The van der Waals surface area contributed by atoms with E-state index in [0.717, 1.165) is 31.6 Å². The van der Waals surface area contributed by atoms with Gasteiger partial charge in [0, 0.05) is 18.7 Å². The Morgan fingerprint density at radius 3 is 2.64 bits per heavy atom. The number of benzene rings is 1. The van der Waals surface area contributed by atoms with E-state index in [4.69, 9.17) is 10.5 Å². The Labute approximate surface area is 132 Å². The number of nitrogens with zero attached hydrogens (tertiary/aromatic N) is 2. The van der Waals surface area contributed by atoms with Crippen molar-refractivity contribution in [1.82, 2.24) is 9.88 Å². The summed E-state index contributed by atoms with van der Waals surface area (Å²) in [5.41, 5.74) is 8.68. The molecule has 0 radical (unpaired) electrons. The first-order valence-corrected chi connectivity index (χ1v) is 7.80. The van der Waals surface area contributed by atoms with Crippen molar-refractivity contribution in [3.63, 3.8) is 0 Å². The SMILES string of the molecule is CCCN(CCOc1ncc(N)cc1C)Cc1ccccc1. The smallest absolute Gasteiger partial charge is 0.216 e. The predicted octanol–water partition coefficient (Wildman–Crippen LogP) is 3.26. The van der Waals surface area contributed by atoms with Gasteiger partial charge in [-0.25, -0.2) is 4.98 Å². The van der Waals surface area contributed by atoms with Gasteiger partial charge in [0.05, 0.1) is 11.9 Å². The molecule has 2 aromatic rings. The third-order valence-electron chi connectivity index (χ3n) is 3.49. The third kappa shape index (κ3) is 5.04. The molecule has 0 saturated heterocycles. The van der Waals surface area contributed by atoms with Crippen LogP contribution >= 0.6 is 0 Å². The zero-order valence-corrected chi connectivity index (χ0v) is 13.5. The molecule has 0 aliphatic rings. The molecule has 0 bridgehead atoms. The summed E-state index contributed by atoms with van der Waals surface area (Å²) in [5.74, 6) is 0.672.